The highest BCUT2D eigenvalue weighted by Crippen LogP contribution is 2.12. The van der Waals surface area contributed by atoms with E-state index in [0.717, 1.165) is 45.0 Å². The van der Waals surface area contributed by atoms with Gasteiger partial charge in [0.2, 0.25) is 5.91 Å². The molecule has 0 unspecified atom stereocenters. The molecule has 1 N–H and O–H groups in total. The molecule has 1 aromatic carbocycles. The molecule has 0 spiro atoms. The number of nitrogens with one attached hydrogen (secondary N) is 1. The Bertz CT molecular complexity index is 445. The van der Waals surface area contributed by atoms with Crippen LogP contribution in [0.4, 0.5) is 0 Å². The van der Waals surface area contributed by atoms with Gasteiger partial charge >= 0.3 is 0 Å². The summed E-state index contributed by atoms with van der Waals surface area (Å²) in [6, 6.07) is 7.93. The highest BCUT2D eigenvalue weighted by Gasteiger charge is 2.11. The maximum absolute atomic E-state index is 11.8. The van der Waals surface area contributed by atoms with Crippen LogP contribution < -0.4 is 10.1 Å². The SMILES string of the molecule is COc1cccc(CCNC(=O)CCN2CCOCC2)c1. The first-order chi connectivity index (χ1) is 10.3. The van der Waals surface area contributed by atoms with E-state index >= 15 is 0 Å². The number of benzene rings is 1. The molecule has 1 aromatic rings. The lowest BCUT2D eigenvalue weighted by atomic mass is 10.1. The van der Waals surface area contributed by atoms with E-state index in [1.165, 1.54) is 5.56 Å². The van der Waals surface area contributed by atoms with Crippen molar-refractivity contribution in [2.75, 3.05) is 46.5 Å². The van der Waals surface area contributed by atoms with Crippen LogP contribution in [0.25, 0.3) is 0 Å². The number of ether oxygens (including phenoxy) is 2. The second-order valence-electron chi connectivity index (χ2n) is 5.16. The van der Waals surface area contributed by atoms with E-state index in [1.54, 1.807) is 7.11 Å². The molecule has 2 rings (SSSR count). The van der Waals surface area contributed by atoms with E-state index in [0.29, 0.717) is 13.0 Å². The van der Waals surface area contributed by atoms with Crippen molar-refractivity contribution in [3.05, 3.63) is 29.8 Å². The van der Waals surface area contributed by atoms with Crippen molar-refractivity contribution in [2.45, 2.75) is 12.8 Å². The Balaban J connectivity index is 1.62. The van der Waals surface area contributed by atoms with E-state index in [2.05, 4.69) is 10.2 Å². The standard InChI is InChI=1S/C16H24N2O3/c1-20-15-4-2-3-14(13-15)5-7-17-16(19)6-8-18-9-11-21-12-10-18/h2-4,13H,5-12H2,1H3,(H,17,19). The average molecular weight is 292 g/mol. The molecule has 1 heterocycles. The maximum Gasteiger partial charge on any atom is 0.221 e. The highest BCUT2D eigenvalue weighted by atomic mass is 16.5. The van der Waals surface area contributed by atoms with Crippen molar-refractivity contribution < 1.29 is 14.3 Å². The van der Waals surface area contributed by atoms with Crippen molar-refractivity contribution in [1.82, 2.24) is 10.2 Å². The number of methoxy groups -OCH3 is 1. The summed E-state index contributed by atoms with van der Waals surface area (Å²) in [5.41, 5.74) is 1.17. The molecule has 21 heavy (non-hydrogen) atoms. The summed E-state index contributed by atoms with van der Waals surface area (Å²) in [6.45, 7) is 4.88. The van der Waals surface area contributed by atoms with E-state index in [-0.39, 0.29) is 5.91 Å². The zero-order chi connectivity index (χ0) is 14.9. The second kappa shape index (κ2) is 8.64. The first-order valence-electron chi connectivity index (χ1n) is 7.47. The molecule has 5 nitrogen and oxygen atoms in total. The maximum atomic E-state index is 11.8. The van der Waals surface area contributed by atoms with Crippen LogP contribution in [0.2, 0.25) is 0 Å². The van der Waals surface area contributed by atoms with Gasteiger partial charge in [-0.25, -0.2) is 0 Å². The van der Waals surface area contributed by atoms with Crippen LogP contribution in [0, 0.1) is 0 Å². The molecule has 0 aromatic heterocycles. The molecule has 1 aliphatic heterocycles. The fourth-order valence-electron chi connectivity index (χ4n) is 2.35. The van der Waals surface area contributed by atoms with Gasteiger partial charge in [-0.1, -0.05) is 12.1 Å². The summed E-state index contributed by atoms with van der Waals surface area (Å²) in [7, 11) is 1.66. The Hall–Kier alpha value is -1.59. The third-order valence-corrected chi connectivity index (χ3v) is 3.63. The number of hydrogen-bond acceptors (Lipinski definition) is 4. The van der Waals surface area contributed by atoms with Gasteiger partial charge in [-0.3, -0.25) is 9.69 Å². The highest BCUT2D eigenvalue weighted by molar-refractivity contribution is 5.76. The zero-order valence-corrected chi connectivity index (χ0v) is 12.6. The number of morpholine rings is 1. The molecular formula is C16H24N2O3. The number of carbonyl (C=O) groups is 1. The molecule has 1 aliphatic rings. The van der Waals surface area contributed by atoms with Crippen LogP contribution in [-0.2, 0) is 16.0 Å². The Kier molecular flexibility index (Phi) is 6.50. The zero-order valence-electron chi connectivity index (χ0n) is 12.6. The van der Waals surface area contributed by atoms with Crippen LogP contribution in [0.1, 0.15) is 12.0 Å². The van der Waals surface area contributed by atoms with Gasteiger partial charge in [-0.05, 0) is 24.1 Å². The Labute approximate surface area is 126 Å². The first kappa shape index (κ1) is 15.8. The minimum absolute atomic E-state index is 0.115. The van der Waals surface area contributed by atoms with Gasteiger partial charge in [0.05, 0.1) is 20.3 Å². The van der Waals surface area contributed by atoms with Crippen molar-refractivity contribution in [3.63, 3.8) is 0 Å². The predicted molar refractivity (Wildman–Crippen MR) is 81.6 cm³/mol. The summed E-state index contributed by atoms with van der Waals surface area (Å²) in [5, 5.41) is 2.97. The Morgan fingerprint density at radius 2 is 2.19 bits per heavy atom. The molecular weight excluding hydrogens is 268 g/mol. The van der Waals surface area contributed by atoms with E-state index in [1.807, 2.05) is 24.3 Å². The van der Waals surface area contributed by atoms with E-state index in [9.17, 15) is 4.79 Å². The number of nitrogens with zero attached hydrogens (tertiary/aromatic N) is 1. The lowest BCUT2D eigenvalue weighted by Gasteiger charge is -2.26. The minimum atomic E-state index is 0.115. The molecule has 0 saturated carbocycles. The smallest absolute Gasteiger partial charge is 0.221 e. The average Bonchev–Trinajstić information content (AvgIpc) is 2.54. The fraction of sp³-hybridized carbons (Fsp3) is 0.562. The fourth-order valence-corrected chi connectivity index (χ4v) is 2.35. The van der Waals surface area contributed by atoms with Gasteiger partial charge < -0.3 is 14.8 Å². The molecule has 1 saturated heterocycles. The van der Waals surface area contributed by atoms with Gasteiger partial charge in [0.1, 0.15) is 5.75 Å². The van der Waals surface area contributed by atoms with E-state index < -0.39 is 0 Å². The van der Waals surface area contributed by atoms with Crippen LogP contribution in [0.5, 0.6) is 5.75 Å². The Morgan fingerprint density at radius 1 is 1.38 bits per heavy atom. The molecule has 1 fully saturated rings. The number of rotatable bonds is 7. The predicted octanol–water partition coefficient (Wildman–Crippen LogP) is 1.08. The lowest BCUT2D eigenvalue weighted by molar-refractivity contribution is -0.121. The topological polar surface area (TPSA) is 50.8 Å². The molecule has 0 atom stereocenters. The third-order valence-electron chi connectivity index (χ3n) is 3.63. The summed E-state index contributed by atoms with van der Waals surface area (Å²) in [4.78, 5) is 14.1. The lowest BCUT2D eigenvalue weighted by Crippen LogP contribution is -2.39. The van der Waals surface area contributed by atoms with Crippen molar-refractivity contribution in [2.24, 2.45) is 0 Å². The van der Waals surface area contributed by atoms with Crippen LogP contribution >= 0.6 is 0 Å². The Morgan fingerprint density at radius 3 is 2.95 bits per heavy atom. The summed E-state index contributed by atoms with van der Waals surface area (Å²) < 4.78 is 10.5. The molecule has 5 heteroatoms. The monoisotopic (exact) mass is 292 g/mol. The number of amides is 1. The van der Waals surface area contributed by atoms with Crippen molar-refractivity contribution >= 4 is 5.91 Å². The first-order valence-corrected chi connectivity index (χ1v) is 7.47. The molecule has 0 radical (unpaired) electrons. The van der Waals surface area contributed by atoms with Crippen LogP contribution in [-0.4, -0.2) is 57.3 Å². The molecule has 0 aliphatic carbocycles. The van der Waals surface area contributed by atoms with Gasteiger partial charge in [-0.15, -0.1) is 0 Å². The normalized spacial score (nSPS) is 15.7. The van der Waals surface area contributed by atoms with Crippen molar-refractivity contribution in [1.29, 1.82) is 0 Å². The van der Waals surface area contributed by atoms with Crippen LogP contribution in [0.15, 0.2) is 24.3 Å². The van der Waals surface area contributed by atoms with E-state index in [4.69, 9.17) is 9.47 Å². The quantitative estimate of drug-likeness (QED) is 0.817. The van der Waals surface area contributed by atoms with Crippen molar-refractivity contribution in [3.8, 4) is 5.75 Å². The number of hydrogen-bond donors (Lipinski definition) is 1. The van der Waals surface area contributed by atoms with Gasteiger partial charge in [0.25, 0.3) is 0 Å². The third kappa shape index (κ3) is 5.73. The minimum Gasteiger partial charge on any atom is -0.497 e. The molecule has 1 amide bonds. The van der Waals surface area contributed by atoms with Gasteiger partial charge in [0.15, 0.2) is 0 Å². The van der Waals surface area contributed by atoms with Gasteiger partial charge in [-0.2, -0.15) is 0 Å². The van der Waals surface area contributed by atoms with Crippen LogP contribution in [0.3, 0.4) is 0 Å². The van der Waals surface area contributed by atoms with Gasteiger partial charge in [0, 0.05) is 32.6 Å². The largest absolute Gasteiger partial charge is 0.497 e. The second-order valence-corrected chi connectivity index (χ2v) is 5.16. The summed E-state index contributed by atoms with van der Waals surface area (Å²) in [5.74, 6) is 0.968. The summed E-state index contributed by atoms with van der Waals surface area (Å²) in [6.07, 6.45) is 1.37. The summed E-state index contributed by atoms with van der Waals surface area (Å²) >= 11 is 0. The molecule has 0 bridgehead atoms. The molecule has 116 valence electrons. The number of carbonyl (C=O) groups excluding carboxylic acids is 1.